The largest absolute Gasteiger partial charge is 0.484 e. The molecule has 0 saturated carbocycles. The Balaban J connectivity index is 2.52. The van der Waals surface area contributed by atoms with Gasteiger partial charge in [0.1, 0.15) is 5.75 Å². The van der Waals surface area contributed by atoms with Crippen LogP contribution in [0.5, 0.6) is 5.75 Å². The molecule has 1 atom stereocenters. The number of nitrogens with zero attached hydrogens (tertiary/aromatic N) is 1. The van der Waals surface area contributed by atoms with Crippen LogP contribution in [0.1, 0.15) is 38.9 Å². The maximum absolute atomic E-state index is 11.8. The van der Waals surface area contributed by atoms with Gasteiger partial charge in [0.15, 0.2) is 6.61 Å². The zero-order valence-corrected chi connectivity index (χ0v) is 11.9. The van der Waals surface area contributed by atoms with Crippen LogP contribution in [0, 0.1) is 0 Å². The SMILES string of the molecule is CC[C@H](O)c1ccc(OCC(=O)N(CC)CC)cc1. The highest BCUT2D eigenvalue weighted by Gasteiger charge is 2.10. The third-order valence-corrected chi connectivity index (χ3v) is 3.13. The van der Waals surface area contributed by atoms with Crippen molar-refractivity contribution in [2.45, 2.75) is 33.3 Å². The number of hydrogen-bond donors (Lipinski definition) is 1. The molecule has 0 aromatic heterocycles. The number of aliphatic hydroxyl groups excluding tert-OH is 1. The second-order valence-corrected chi connectivity index (χ2v) is 4.35. The van der Waals surface area contributed by atoms with E-state index in [1.807, 2.05) is 32.9 Å². The second kappa shape index (κ2) is 7.79. The third kappa shape index (κ3) is 4.56. The molecule has 0 bridgehead atoms. The summed E-state index contributed by atoms with van der Waals surface area (Å²) in [5.74, 6) is 0.634. The van der Waals surface area contributed by atoms with Crippen molar-refractivity contribution >= 4 is 5.91 Å². The molecule has 4 nitrogen and oxygen atoms in total. The van der Waals surface area contributed by atoms with Crippen molar-refractivity contribution in [3.05, 3.63) is 29.8 Å². The fourth-order valence-corrected chi connectivity index (χ4v) is 1.83. The van der Waals surface area contributed by atoms with Crippen LogP contribution in [0.4, 0.5) is 0 Å². The van der Waals surface area contributed by atoms with E-state index in [2.05, 4.69) is 0 Å². The van der Waals surface area contributed by atoms with Gasteiger partial charge < -0.3 is 14.7 Å². The number of aliphatic hydroxyl groups is 1. The number of likely N-dealkylation sites (N-methyl/N-ethyl adjacent to an activating group) is 1. The molecule has 4 heteroatoms. The molecule has 1 N–H and O–H groups in total. The first kappa shape index (κ1) is 15.5. The number of benzene rings is 1. The Hall–Kier alpha value is -1.55. The van der Waals surface area contributed by atoms with E-state index < -0.39 is 6.10 Å². The molecule has 19 heavy (non-hydrogen) atoms. The van der Waals surface area contributed by atoms with Gasteiger partial charge in [0.25, 0.3) is 5.91 Å². The second-order valence-electron chi connectivity index (χ2n) is 4.35. The van der Waals surface area contributed by atoms with Crippen LogP contribution < -0.4 is 4.74 Å². The first-order valence-electron chi connectivity index (χ1n) is 6.80. The van der Waals surface area contributed by atoms with Gasteiger partial charge in [-0.25, -0.2) is 0 Å². The normalized spacial score (nSPS) is 12.0. The fourth-order valence-electron chi connectivity index (χ4n) is 1.83. The average molecular weight is 265 g/mol. The van der Waals surface area contributed by atoms with E-state index in [1.165, 1.54) is 0 Å². The van der Waals surface area contributed by atoms with E-state index in [-0.39, 0.29) is 12.5 Å². The van der Waals surface area contributed by atoms with Gasteiger partial charge in [0.2, 0.25) is 0 Å². The molecular weight excluding hydrogens is 242 g/mol. The zero-order valence-electron chi connectivity index (χ0n) is 11.9. The fraction of sp³-hybridized carbons (Fsp3) is 0.533. The minimum atomic E-state index is -0.439. The van der Waals surface area contributed by atoms with Crippen LogP contribution in [-0.4, -0.2) is 35.6 Å². The summed E-state index contributed by atoms with van der Waals surface area (Å²) in [6.07, 6.45) is 0.243. The molecule has 1 aromatic carbocycles. The summed E-state index contributed by atoms with van der Waals surface area (Å²) < 4.78 is 5.45. The lowest BCUT2D eigenvalue weighted by Crippen LogP contribution is -2.34. The summed E-state index contributed by atoms with van der Waals surface area (Å²) in [5, 5.41) is 9.67. The topological polar surface area (TPSA) is 49.8 Å². The molecule has 0 aliphatic rings. The van der Waals surface area contributed by atoms with Gasteiger partial charge in [-0.05, 0) is 38.0 Å². The number of hydrogen-bond acceptors (Lipinski definition) is 3. The summed E-state index contributed by atoms with van der Waals surface area (Å²) in [5.41, 5.74) is 0.866. The number of carbonyl (C=O) groups excluding carboxylic acids is 1. The molecule has 1 amide bonds. The Kier molecular flexibility index (Phi) is 6.36. The Morgan fingerprint density at radius 2 is 1.79 bits per heavy atom. The Labute approximate surface area is 115 Å². The van der Waals surface area contributed by atoms with Crippen LogP contribution >= 0.6 is 0 Å². The predicted molar refractivity (Wildman–Crippen MR) is 75.1 cm³/mol. The van der Waals surface area contributed by atoms with Gasteiger partial charge in [-0.15, -0.1) is 0 Å². The quantitative estimate of drug-likeness (QED) is 0.823. The van der Waals surface area contributed by atoms with E-state index in [0.717, 1.165) is 5.56 Å². The Bertz CT molecular complexity index is 385. The van der Waals surface area contributed by atoms with Gasteiger partial charge in [-0.2, -0.15) is 0 Å². The summed E-state index contributed by atoms with van der Waals surface area (Å²) >= 11 is 0. The van der Waals surface area contributed by atoms with Crippen molar-refractivity contribution in [3.8, 4) is 5.75 Å². The van der Waals surface area contributed by atoms with E-state index in [4.69, 9.17) is 4.74 Å². The first-order chi connectivity index (χ1) is 9.12. The molecular formula is C15H23NO3. The van der Waals surface area contributed by atoms with E-state index in [1.54, 1.807) is 17.0 Å². The van der Waals surface area contributed by atoms with Crippen LogP contribution in [0.15, 0.2) is 24.3 Å². The maximum Gasteiger partial charge on any atom is 0.260 e. The van der Waals surface area contributed by atoms with Crippen molar-refractivity contribution in [1.29, 1.82) is 0 Å². The van der Waals surface area contributed by atoms with Crippen molar-refractivity contribution in [2.75, 3.05) is 19.7 Å². The summed E-state index contributed by atoms with van der Waals surface area (Å²) in [7, 11) is 0. The van der Waals surface area contributed by atoms with Gasteiger partial charge in [0.05, 0.1) is 6.10 Å². The zero-order chi connectivity index (χ0) is 14.3. The van der Waals surface area contributed by atoms with Gasteiger partial charge in [-0.3, -0.25) is 4.79 Å². The highest BCUT2D eigenvalue weighted by Crippen LogP contribution is 2.19. The predicted octanol–water partition coefficient (Wildman–Crippen LogP) is 2.38. The highest BCUT2D eigenvalue weighted by molar-refractivity contribution is 5.77. The van der Waals surface area contributed by atoms with Crippen LogP contribution in [0.3, 0.4) is 0 Å². The van der Waals surface area contributed by atoms with Gasteiger partial charge >= 0.3 is 0 Å². The number of carbonyl (C=O) groups is 1. The third-order valence-electron chi connectivity index (χ3n) is 3.13. The van der Waals surface area contributed by atoms with E-state index in [0.29, 0.717) is 25.3 Å². The van der Waals surface area contributed by atoms with Crippen molar-refractivity contribution in [1.82, 2.24) is 4.90 Å². The Morgan fingerprint density at radius 3 is 2.26 bits per heavy atom. The molecule has 1 rings (SSSR count). The molecule has 0 saturated heterocycles. The lowest BCUT2D eigenvalue weighted by molar-refractivity contribution is -0.132. The monoisotopic (exact) mass is 265 g/mol. The summed E-state index contributed by atoms with van der Waals surface area (Å²) in [4.78, 5) is 13.5. The van der Waals surface area contributed by atoms with Gasteiger partial charge in [-0.1, -0.05) is 19.1 Å². The molecule has 0 aliphatic carbocycles. The molecule has 0 heterocycles. The van der Waals surface area contributed by atoms with Crippen molar-refractivity contribution in [3.63, 3.8) is 0 Å². The molecule has 0 spiro atoms. The summed E-state index contributed by atoms with van der Waals surface area (Å²) in [6.45, 7) is 7.26. The average Bonchev–Trinajstić information content (AvgIpc) is 2.46. The smallest absolute Gasteiger partial charge is 0.260 e. The van der Waals surface area contributed by atoms with Crippen LogP contribution in [0.25, 0.3) is 0 Å². The lowest BCUT2D eigenvalue weighted by atomic mass is 10.1. The minimum Gasteiger partial charge on any atom is -0.484 e. The molecule has 106 valence electrons. The number of ether oxygens (including phenoxy) is 1. The van der Waals surface area contributed by atoms with Crippen LogP contribution in [-0.2, 0) is 4.79 Å². The molecule has 1 aromatic rings. The molecule has 0 unspecified atom stereocenters. The number of rotatable bonds is 7. The van der Waals surface area contributed by atoms with Gasteiger partial charge in [0, 0.05) is 13.1 Å². The van der Waals surface area contributed by atoms with Crippen LogP contribution in [0.2, 0.25) is 0 Å². The maximum atomic E-state index is 11.8. The first-order valence-corrected chi connectivity index (χ1v) is 6.80. The lowest BCUT2D eigenvalue weighted by Gasteiger charge is -2.18. The summed E-state index contributed by atoms with van der Waals surface area (Å²) in [6, 6.07) is 7.21. The van der Waals surface area contributed by atoms with Crippen molar-refractivity contribution in [2.24, 2.45) is 0 Å². The standard InChI is InChI=1S/C15H23NO3/c1-4-14(17)12-7-9-13(10-8-12)19-11-15(18)16(5-2)6-3/h7-10,14,17H,4-6,11H2,1-3H3/t14-/m0/s1. The molecule has 0 aliphatic heterocycles. The molecule has 0 radical (unpaired) electrons. The van der Waals surface area contributed by atoms with E-state index >= 15 is 0 Å². The van der Waals surface area contributed by atoms with E-state index in [9.17, 15) is 9.90 Å². The number of amides is 1. The minimum absolute atomic E-state index is 0.0114. The Morgan fingerprint density at radius 1 is 1.21 bits per heavy atom. The van der Waals surface area contributed by atoms with Crippen molar-refractivity contribution < 1.29 is 14.6 Å². The molecule has 0 fully saturated rings. The highest BCUT2D eigenvalue weighted by atomic mass is 16.5.